The lowest BCUT2D eigenvalue weighted by molar-refractivity contribution is -0.385. The molecular weight excluding hydrogens is 280 g/mol. The first-order valence-electron chi connectivity index (χ1n) is 6.10. The number of nitro benzene ring substituents is 1. The highest BCUT2D eigenvalue weighted by atomic mass is 35.5. The molecule has 6 nitrogen and oxygen atoms in total. The number of rotatable bonds is 5. The van der Waals surface area contributed by atoms with Gasteiger partial charge < -0.3 is 5.32 Å². The van der Waals surface area contributed by atoms with E-state index in [1.54, 1.807) is 16.8 Å². The normalized spacial score (nSPS) is 10.8. The quantitative estimate of drug-likeness (QED) is 0.679. The molecule has 1 N–H and O–H groups in total. The number of benzene rings is 1. The Morgan fingerprint density at radius 2 is 2.10 bits per heavy atom. The molecule has 0 spiro atoms. The Morgan fingerprint density at radius 3 is 2.70 bits per heavy atom. The Bertz CT molecular complexity index is 639. The minimum absolute atomic E-state index is 0.0351. The van der Waals surface area contributed by atoms with Crippen LogP contribution in [-0.4, -0.2) is 14.7 Å². The summed E-state index contributed by atoms with van der Waals surface area (Å²) in [6, 6.07) is 4.69. The fourth-order valence-corrected chi connectivity index (χ4v) is 2.18. The molecule has 1 heterocycles. The van der Waals surface area contributed by atoms with Crippen LogP contribution in [0, 0.1) is 17.0 Å². The van der Waals surface area contributed by atoms with Gasteiger partial charge in [0, 0.05) is 48.5 Å². The van der Waals surface area contributed by atoms with Crippen molar-refractivity contribution in [3.05, 3.63) is 56.4 Å². The SMILES string of the molecule is Cc1nn(C)cc1CNCc1ccc(Cl)cc1[N+](=O)[O-]. The fourth-order valence-electron chi connectivity index (χ4n) is 2.01. The summed E-state index contributed by atoms with van der Waals surface area (Å²) >= 11 is 5.78. The average molecular weight is 295 g/mol. The van der Waals surface area contributed by atoms with Gasteiger partial charge in [0.15, 0.2) is 0 Å². The van der Waals surface area contributed by atoms with E-state index in [0.29, 0.717) is 23.7 Å². The molecule has 0 saturated carbocycles. The topological polar surface area (TPSA) is 73.0 Å². The van der Waals surface area contributed by atoms with E-state index in [2.05, 4.69) is 10.4 Å². The third-order valence-corrected chi connectivity index (χ3v) is 3.23. The van der Waals surface area contributed by atoms with Gasteiger partial charge in [0.1, 0.15) is 0 Å². The summed E-state index contributed by atoms with van der Waals surface area (Å²) in [5, 5.41) is 18.8. The third kappa shape index (κ3) is 3.34. The predicted octanol–water partition coefficient (Wildman–Crippen LogP) is 2.58. The van der Waals surface area contributed by atoms with E-state index < -0.39 is 4.92 Å². The number of aromatic nitrogens is 2. The first-order valence-corrected chi connectivity index (χ1v) is 6.48. The highest BCUT2D eigenvalue weighted by molar-refractivity contribution is 6.30. The lowest BCUT2D eigenvalue weighted by atomic mass is 10.1. The van der Waals surface area contributed by atoms with Crippen molar-refractivity contribution in [2.75, 3.05) is 0 Å². The van der Waals surface area contributed by atoms with Gasteiger partial charge in [-0.3, -0.25) is 14.8 Å². The van der Waals surface area contributed by atoms with E-state index in [-0.39, 0.29) is 5.69 Å². The van der Waals surface area contributed by atoms with Gasteiger partial charge in [-0.15, -0.1) is 0 Å². The van der Waals surface area contributed by atoms with Gasteiger partial charge in [-0.05, 0) is 19.1 Å². The number of nitrogens with one attached hydrogen (secondary N) is 1. The van der Waals surface area contributed by atoms with Crippen LogP contribution in [0.2, 0.25) is 5.02 Å². The third-order valence-electron chi connectivity index (χ3n) is 2.99. The molecule has 2 aromatic rings. The second kappa shape index (κ2) is 6.02. The van der Waals surface area contributed by atoms with Crippen LogP contribution in [0.15, 0.2) is 24.4 Å². The van der Waals surface area contributed by atoms with Crippen LogP contribution >= 0.6 is 11.6 Å². The van der Waals surface area contributed by atoms with Crippen LogP contribution in [0.3, 0.4) is 0 Å². The Labute approximate surface area is 121 Å². The van der Waals surface area contributed by atoms with E-state index in [9.17, 15) is 10.1 Å². The molecule has 0 aliphatic rings. The molecule has 0 aliphatic carbocycles. The zero-order valence-corrected chi connectivity index (χ0v) is 12.0. The molecule has 0 aliphatic heterocycles. The molecule has 7 heteroatoms. The van der Waals surface area contributed by atoms with Crippen LogP contribution in [0.4, 0.5) is 5.69 Å². The molecule has 0 bridgehead atoms. The second-order valence-corrected chi connectivity index (χ2v) is 4.98. The Balaban J connectivity index is 2.04. The number of nitrogens with zero attached hydrogens (tertiary/aromatic N) is 3. The summed E-state index contributed by atoms with van der Waals surface area (Å²) in [5.74, 6) is 0. The molecule has 0 atom stereocenters. The minimum atomic E-state index is -0.418. The van der Waals surface area contributed by atoms with Gasteiger partial charge in [-0.2, -0.15) is 5.10 Å². The molecule has 2 rings (SSSR count). The lowest BCUT2D eigenvalue weighted by Crippen LogP contribution is -2.14. The van der Waals surface area contributed by atoms with Crippen molar-refractivity contribution in [3.63, 3.8) is 0 Å². The van der Waals surface area contributed by atoms with Crippen LogP contribution in [-0.2, 0) is 20.1 Å². The molecule has 1 aromatic heterocycles. The van der Waals surface area contributed by atoms with Crippen molar-refractivity contribution in [1.29, 1.82) is 0 Å². The Kier molecular flexibility index (Phi) is 4.36. The van der Waals surface area contributed by atoms with Gasteiger partial charge in [-0.1, -0.05) is 11.6 Å². The largest absolute Gasteiger partial charge is 0.308 e. The fraction of sp³-hybridized carbons (Fsp3) is 0.308. The highest BCUT2D eigenvalue weighted by Crippen LogP contribution is 2.23. The Hall–Kier alpha value is -1.92. The summed E-state index contributed by atoms with van der Waals surface area (Å²) in [5.41, 5.74) is 2.67. The predicted molar refractivity (Wildman–Crippen MR) is 76.6 cm³/mol. The molecule has 0 radical (unpaired) electrons. The summed E-state index contributed by atoms with van der Waals surface area (Å²) in [6.07, 6.45) is 1.93. The molecule has 20 heavy (non-hydrogen) atoms. The number of aryl methyl sites for hydroxylation is 2. The van der Waals surface area contributed by atoms with Crippen molar-refractivity contribution in [2.45, 2.75) is 20.0 Å². The van der Waals surface area contributed by atoms with Crippen LogP contribution in [0.5, 0.6) is 0 Å². The van der Waals surface area contributed by atoms with Crippen molar-refractivity contribution in [1.82, 2.24) is 15.1 Å². The summed E-state index contributed by atoms with van der Waals surface area (Å²) < 4.78 is 1.75. The minimum Gasteiger partial charge on any atom is -0.308 e. The number of halogens is 1. The van der Waals surface area contributed by atoms with Gasteiger partial charge in [0.05, 0.1) is 10.6 Å². The maximum Gasteiger partial charge on any atom is 0.275 e. The number of hydrogen-bond acceptors (Lipinski definition) is 4. The van der Waals surface area contributed by atoms with Gasteiger partial charge in [0.25, 0.3) is 5.69 Å². The molecular formula is C13H15ClN4O2. The van der Waals surface area contributed by atoms with E-state index in [1.165, 1.54) is 6.07 Å². The van der Waals surface area contributed by atoms with Crippen molar-refractivity contribution >= 4 is 17.3 Å². The second-order valence-electron chi connectivity index (χ2n) is 4.55. The molecule has 0 saturated heterocycles. The number of hydrogen-bond donors (Lipinski definition) is 1. The van der Waals surface area contributed by atoms with E-state index in [1.807, 2.05) is 20.2 Å². The van der Waals surface area contributed by atoms with Crippen molar-refractivity contribution < 1.29 is 4.92 Å². The first kappa shape index (κ1) is 14.5. The maximum atomic E-state index is 11.0. The van der Waals surface area contributed by atoms with E-state index in [4.69, 9.17) is 11.6 Å². The summed E-state index contributed by atoms with van der Waals surface area (Å²) in [4.78, 5) is 10.6. The zero-order chi connectivity index (χ0) is 14.7. The highest BCUT2D eigenvalue weighted by Gasteiger charge is 2.14. The molecule has 0 fully saturated rings. The van der Waals surface area contributed by atoms with Gasteiger partial charge >= 0.3 is 0 Å². The standard InChI is InChI=1S/C13H15ClN4O2/c1-9-11(8-17(2)16-9)7-15-6-10-3-4-12(14)5-13(10)18(19)20/h3-5,8,15H,6-7H2,1-2H3. The lowest BCUT2D eigenvalue weighted by Gasteiger charge is -2.05. The molecule has 106 valence electrons. The average Bonchev–Trinajstić information content (AvgIpc) is 2.69. The van der Waals surface area contributed by atoms with E-state index in [0.717, 1.165) is 11.3 Å². The monoisotopic (exact) mass is 294 g/mol. The molecule has 1 aromatic carbocycles. The smallest absolute Gasteiger partial charge is 0.275 e. The van der Waals surface area contributed by atoms with Crippen molar-refractivity contribution in [3.8, 4) is 0 Å². The van der Waals surface area contributed by atoms with Crippen LogP contribution in [0.25, 0.3) is 0 Å². The van der Waals surface area contributed by atoms with Crippen LogP contribution in [0.1, 0.15) is 16.8 Å². The number of nitro groups is 1. The van der Waals surface area contributed by atoms with Gasteiger partial charge in [-0.25, -0.2) is 0 Å². The first-order chi connectivity index (χ1) is 9.47. The Morgan fingerprint density at radius 1 is 1.40 bits per heavy atom. The summed E-state index contributed by atoms with van der Waals surface area (Å²) in [6.45, 7) is 2.95. The maximum absolute atomic E-state index is 11.0. The zero-order valence-electron chi connectivity index (χ0n) is 11.3. The van der Waals surface area contributed by atoms with Gasteiger partial charge in [0.2, 0.25) is 0 Å². The molecule has 0 amide bonds. The van der Waals surface area contributed by atoms with E-state index >= 15 is 0 Å². The molecule has 0 unspecified atom stereocenters. The summed E-state index contributed by atoms with van der Waals surface area (Å²) in [7, 11) is 1.86. The van der Waals surface area contributed by atoms with Crippen molar-refractivity contribution in [2.24, 2.45) is 7.05 Å². The van der Waals surface area contributed by atoms with Crippen LogP contribution < -0.4 is 5.32 Å².